The number of fused-ring (bicyclic) bond motifs is 1. The van der Waals surface area contributed by atoms with E-state index in [2.05, 4.69) is 6.07 Å². The van der Waals surface area contributed by atoms with Gasteiger partial charge in [-0.2, -0.15) is 5.26 Å². The van der Waals surface area contributed by atoms with Gasteiger partial charge in [0.2, 0.25) is 0 Å². The highest BCUT2D eigenvalue weighted by Gasteiger charge is 2.51. The first kappa shape index (κ1) is 15.9. The number of esters is 1. The van der Waals surface area contributed by atoms with Crippen molar-refractivity contribution >= 4 is 17.4 Å². The summed E-state index contributed by atoms with van der Waals surface area (Å²) in [5, 5.41) is 9.12. The van der Waals surface area contributed by atoms with Crippen LogP contribution in [0.4, 0.5) is 5.69 Å². The quantitative estimate of drug-likeness (QED) is 0.785. The maximum atomic E-state index is 13.0. The third-order valence-corrected chi connectivity index (χ3v) is 4.28. The van der Waals surface area contributed by atoms with Crippen molar-refractivity contribution in [2.45, 2.75) is 25.2 Å². The van der Waals surface area contributed by atoms with E-state index in [-0.39, 0.29) is 19.0 Å². The summed E-state index contributed by atoms with van der Waals surface area (Å²) < 4.78 is 5.41. The summed E-state index contributed by atoms with van der Waals surface area (Å²) in [5.41, 5.74) is 2.10. The van der Waals surface area contributed by atoms with Crippen molar-refractivity contribution in [3.8, 4) is 6.07 Å². The fraction of sp³-hybridized carbons (Fsp3) is 0.250. The summed E-state index contributed by atoms with van der Waals surface area (Å²) in [4.78, 5) is 17.7. The van der Waals surface area contributed by atoms with Crippen LogP contribution < -0.4 is 0 Å². The molecule has 0 bridgehead atoms. The Balaban J connectivity index is 2.22. The van der Waals surface area contributed by atoms with Crippen molar-refractivity contribution in [3.05, 3.63) is 65.7 Å². The predicted molar refractivity (Wildman–Crippen MR) is 92.2 cm³/mol. The summed E-state index contributed by atoms with van der Waals surface area (Å²) in [7, 11) is 0. The first-order valence-corrected chi connectivity index (χ1v) is 8.02. The number of hydrogen-bond donors (Lipinski definition) is 0. The van der Waals surface area contributed by atoms with Gasteiger partial charge in [0.25, 0.3) is 0 Å². The summed E-state index contributed by atoms with van der Waals surface area (Å²) in [6, 6.07) is 19.4. The van der Waals surface area contributed by atoms with Crippen molar-refractivity contribution in [1.29, 1.82) is 5.26 Å². The molecule has 4 heteroatoms. The Morgan fingerprint density at radius 1 is 1.17 bits per heavy atom. The van der Waals surface area contributed by atoms with Gasteiger partial charge >= 0.3 is 5.97 Å². The monoisotopic (exact) mass is 318 g/mol. The molecule has 2 aromatic rings. The second-order valence-electron chi connectivity index (χ2n) is 5.63. The van der Waals surface area contributed by atoms with E-state index in [0.29, 0.717) is 12.1 Å². The average Bonchev–Trinajstić information content (AvgIpc) is 2.96. The highest BCUT2D eigenvalue weighted by Crippen LogP contribution is 2.46. The number of ether oxygens (including phenoxy) is 1. The van der Waals surface area contributed by atoms with Gasteiger partial charge < -0.3 is 4.74 Å². The minimum atomic E-state index is -1.02. The smallest absolute Gasteiger partial charge is 0.322 e. The van der Waals surface area contributed by atoms with Crippen molar-refractivity contribution in [2.24, 2.45) is 4.99 Å². The van der Waals surface area contributed by atoms with Crippen LogP contribution in [-0.2, 0) is 14.9 Å². The van der Waals surface area contributed by atoms with Crippen molar-refractivity contribution in [3.63, 3.8) is 0 Å². The molecule has 0 saturated heterocycles. The van der Waals surface area contributed by atoms with E-state index in [9.17, 15) is 4.79 Å². The number of nitriles is 1. The molecule has 24 heavy (non-hydrogen) atoms. The summed E-state index contributed by atoms with van der Waals surface area (Å²) in [5.74, 6) is -0.340. The Morgan fingerprint density at radius 2 is 1.88 bits per heavy atom. The van der Waals surface area contributed by atoms with Gasteiger partial charge in [0.05, 0.1) is 24.1 Å². The number of rotatable bonds is 5. The number of carbonyl (C=O) groups is 1. The van der Waals surface area contributed by atoms with Crippen molar-refractivity contribution < 1.29 is 9.53 Å². The Kier molecular flexibility index (Phi) is 4.43. The molecule has 1 heterocycles. The van der Waals surface area contributed by atoms with Crippen LogP contribution in [0, 0.1) is 11.3 Å². The van der Waals surface area contributed by atoms with Gasteiger partial charge in [-0.25, -0.2) is 0 Å². The second kappa shape index (κ2) is 6.67. The van der Waals surface area contributed by atoms with Gasteiger partial charge in [0, 0.05) is 12.0 Å². The largest absolute Gasteiger partial charge is 0.465 e. The molecule has 0 fully saturated rings. The fourth-order valence-electron chi connectivity index (χ4n) is 3.24. The van der Waals surface area contributed by atoms with Crippen LogP contribution in [-0.4, -0.2) is 18.3 Å². The lowest BCUT2D eigenvalue weighted by Crippen LogP contribution is -2.43. The number of hydrogen-bond acceptors (Lipinski definition) is 4. The van der Waals surface area contributed by atoms with Crippen molar-refractivity contribution in [2.75, 3.05) is 6.61 Å². The van der Waals surface area contributed by atoms with E-state index >= 15 is 0 Å². The minimum absolute atomic E-state index is 0.249. The molecule has 2 aromatic carbocycles. The molecule has 0 amide bonds. The lowest BCUT2D eigenvalue weighted by Gasteiger charge is -2.29. The summed E-state index contributed by atoms with van der Waals surface area (Å²) in [6.07, 6.45) is 0.603. The normalized spacial score (nSPS) is 18.4. The Morgan fingerprint density at radius 3 is 2.58 bits per heavy atom. The zero-order valence-corrected chi connectivity index (χ0v) is 13.5. The zero-order chi connectivity index (χ0) is 17.0. The number of benzene rings is 2. The SMILES string of the molecule is CCOC(=O)C1(CCC#N)C(c2ccccc2)=Nc2ccccc21. The summed E-state index contributed by atoms with van der Waals surface area (Å²) >= 11 is 0. The molecule has 1 atom stereocenters. The predicted octanol–water partition coefficient (Wildman–Crippen LogP) is 3.93. The van der Waals surface area contributed by atoms with Crippen molar-refractivity contribution in [1.82, 2.24) is 0 Å². The van der Waals surface area contributed by atoms with E-state index in [1.165, 1.54) is 0 Å². The number of para-hydroxylation sites is 1. The third kappa shape index (κ3) is 2.48. The van der Waals surface area contributed by atoms with Crippen LogP contribution in [0.3, 0.4) is 0 Å². The molecule has 120 valence electrons. The van der Waals surface area contributed by atoms with Crippen LogP contribution in [0.1, 0.15) is 30.9 Å². The molecule has 0 spiro atoms. The first-order chi connectivity index (χ1) is 11.7. The maximum Gasteiger partial charge on any atom is 0.322 e. The highest BCUT2D eigenvalue weighted by atomic mass is 16.5. The van der Waals surface area contributed by atoms with E-state index < -0.39 is 5.41 Å². The van der Waals surface area contributed by atoms with Crippen LogP contribution >= 0.6 is 0 Å². The molecule has 0 aromatic heterocycles. The van der Waals surface area contributed by atoms with Gasteiger partial charge in [0.1, 0.15) is 5.41 Å². The molecule has 0 saturated carbocycles. The minimum Gasteiger partial charge on any atom is -0.465 e. The molecule has 4 nitrogen and oxygen atoms in total. The van der Waals surface area contributed by atoms with E-state index in [0.717, 1.165) is 16.8 Å². The molecular weight excluding hydrogens is 300 g/mol. The van der Waals surface area contributed by atoms with E-state index in [1.807, 2.05) is 54.6 Å². The molecule has 3 rings (SSSR count). The molecule has 0 radical (unpaired) electrons. The number of nitrogens with zero attached hydrogens (tertiary/aromatic N) is 2. The zero-order valence-electron chi connectivity index (χ0n) is 13.5. The fourth-order valence-corrected chi connectivity index (χ4v) is 3.24. The van der Waals surface area contributed by atoms with Crippen LogP contribution in [0.2, 0.25) is 0 Å². The van der Waals surface area contributed by atoms with E-state index in [1.54, 1.807) is 6.92 Å². The Labute approximate surface area is 141 Å². The average molecular weight is 318 g/mol. The highest BCUT2D eigenvalue weighted by molar-refractivity contribution is 6.23. The van der Waals surface area contributed by atoms with Gasteiger partial charge in [0.15, 0.2) is 0 Å². The van der Waals surface area contributed by atoms with Gasteiger partial charge in [-0.05, 0) is 25.0 Å². The molecule has 1 aliphatic rings. The summed E-state index contributed by atoms with van der Waals surface area (Å²) in [6.45, 7) is 2.08. The standard InChI is InChI=1S/C20H18N2O2/c1-2-24-19(23)20(13-8-14-21)16-11-6-7-12-17(16)22-18(20)15-9-4-3-5-10-15/h3-7,9-12H,2,8,13H2,1H3. The second-order valence-corrected chi connectivity index (χ2v) is 5.63. The van der Waals surface area contributed by atoms with Crippen LogP contribution in [0.15, 0.2) is 59.6 Å². The first-order valence-electron chi connectivity index (χ1n) is 8.02. The number of carbonyl (C=O) groups excluding carboxylic acids is 1. The van der Waals surface area contributed by atoms with Crippen LogP contribution in [0.5, 0.6) is 0 Å². The number of aliphatic imine (C=N–C) groups is 1. The van der Waals surface area contributed by atoms with Gasteiger partial charge in [-0.3, -0.25) is 9.79 Å². The molecule has 0 aliphatic carbocycles. The Hall–Kier alpha value is -2.93. The third-order valence-electron chi connectivity index (χ3n) is 4.28. The molecule has 1 aliphatic heterocycles. The van der Waals surface area contributed by atoms with E-state index in [4.69, 9.17) is 15.0 Å². The molecule has 1 unspecified atom stereocenters. The van der Waals surface area contributed by atoms with Crippen LogP contribution in [0.25, 0.3) is 0 Å². The Bertz CT molecular complexity index is 821. The topological polar surface area (TPSA) is 62.5 Å². The molecule has 0 N–H and O–H groups in total. The lowest BCUT2D eigenvalue weighted by molar-refractivity contribution is -0.147. The maximum absolute atomic E-state index is 13.0. The van der Waals surface area contributed by atoms with Gasteiger partial charge in [-0.15, -0.1) is 0 Å². The van der Waals surface area contributed by atoms with Gasteiger partial charge in [-0.1, -0.05) is 48.5 Å². The lowest BCUT2D eigenvalue weighted by atomic mass is 9.72. The molecular formula is C20H18N2O2.